The summed E-state index contributed by atoms with van der Waals surface area (Å²) in [7, 11) is 1.92. The summed E-state index contributed by atoms with van der Waals surface area (Å²) in [6.07, 6.45) is 2.43. The Balaban J connectivity index is 1.95. The molecule has 1 amide bonds. The average molecular weight is 263 g/mol. The van der Waals surface area contributed by atoms with Gasteiger partial charge in [-0.1, -0.05) is 13.8 Å². The molecule has 4 nitrogen and oxygen atoms in total. The second kappa shape index (κ2) is 5.37. The summed E-state index contributed by atoms with van der Waals surface area (Å²) in [5.41, 5.74) is 2.07. The maximum Gasteiger partial charge on any atom is 0.267 e. The van der Waals surface area contributed by atoms with E-state index in [1.165, 1.54) is 12.8 Å². The molecule has 0 bridgehead atoms. The lowest BCUT2D eigenvalue weighted by molar-refractivity contribution is 0.0920. The molecule has 0 spiro atoms. The molecule has 2 rings (SSSR count). The highest BCUT2D eigenvalue weighted by Gasteiger charge is 2.32. The number of aromatic nitrogens is 1. The van der Waals surface area contributed by atoms with Gasteiger partial charge in [-0.25, -0.2) is 0 Å². The number of carbonyl (C=O) groups is 1. The van der Waals surface area contributed by atoms with Crippen LogP contribution in [-0.4, -0.2) is 29.6 Å². The Labute approximate surface area is 115 Å². The van der Waals surface area contributed by atoms with Crippen LogP contribution in [0.25, 0.3) is 0 Å². The lowest BCUT2D eigenvalue weighted by atomic mass is 9.77. The molecule has 1 saturated heterocycles. The number of hydrogen-bond acceptors (Lipinski definition) is 2. The van der Waals surface area contributed by atoms with Crippen LogP contribution in [0.3, 0.4) is 0 Å². The highest BCUT2D eigenvalue weighted by molar-refractivity contribution is 5.92. The summed E-state index contributed by atoms with van der Waals surface area (Å²) in [6.45, 7) is 8.27. The lowest BCUT2D eigenvalue weighted by Gasteiger charge is -2.39. The topological polar surface area (TPSA) is 46.1 Å². The number of aryl methyl sites for hydroxylation is 1. The van der Waals surface area contributed by atoms with Crippen LogP contribution >= 0.6 is 0 Å². The standard InChI is InChI=1S/C15H25N3O/c1-11-6-7-12(18(11)4)14(19)17-10-13-15(2,3)8-5-9-16-13/h6-7,13,16H,5,8-10H2,1-4H3,(H,17,19). The summed E-state index contributed by atoms with van der Waals surface area (Å²) >= 11 is 0. The van der Waals surface area contributed by atoms with Gasteiger partial charge in [-0.2, -0.15) is 0 Å². The first-order valence-corrected chi connectivity index (χ1v) is 7.06. The van der Waals surface area contributed by atoms with Crippen LogP contribution in [-0.2, 0) is 7.05 Å². The molecule has 0 aliphatic carbocycles. The summed E-state index contributed by atoms with van der Waals surface area (Å²) in [6, 6.07) is 4.20. The van der Waals surface area contributed by atoms with Crippen molar-refractivity contribution in [3.8, 4) is 0 Å². The van der Waals surface area contributed by atoms with Crippen molar-refractivity contribution >= 4 is 5.91 Å². The van der Waals surface area contributed by atoms with Crippen molar-refractivity contribution < 1.29 is 4.79 Å². The van der Waals surface area contributed by atoms with Crippen molar-refractivity contribution in [2.75, 3.05) is 13.1 Å². The summed E-state index contributed by atoms with van der Waals surface area (Å²) < 4.78 is 1.93. The Hall–Kier alpha value is -1.29. The zero-order valence-electron chi connectivity index (χ0n) is 12.4. The number of rotatable bonds is 3. The molecule has 1 atom stereocenters. The number of carbonyl (C=O) groups excluding carboxylic acids is 1. The molecule has 0 saturated carbocycles. The van der Waals surface area contributed by atoms with Crippen LogP contribution in [0.2, 0.25) is 0 Å². The van der Waals surface area contributed by atoms with E-state index in [0.29, 0.717) is 12.6 Å². The van der Waals surface area contributed by atoms with E-state index in [9.17, 15) is 4.79 Å². The Morgan fingerprint density at radius 1 is 1.53 bits per heavy atom. The van der Waals surface area contributed by atoms with Gasteiger partial charge in [-0.3, -0.25) is 4.79 Å². The predicted molar refractivity (Wildman–Crippen MR) is 77.3 cm³/mol. The predicted octanol–water partition coefficient (Wildman–Crippen LogP) is 1.84. The number of amides is 1. The summed E-state index contributed by atoms with van der Waals surface area (Å²) in [5.74, 6) is 0.0128. The molecule has 106 valence electrons. The van der Waals surface area contributed by atoms with E-state index in [1.54, 1.807) is 0 Å². The third-order valence-corrected chi connectivity index (χ3v) is 4.40. The molecular weight excluding hydrogens is 238 g/mol. The van der Waals surface area contributed by atoms with Gasteiger partial charge in [0, 0.05) is 25.3 Å². The molecule has 0 aromatic carbocycles. The molecule has 1 fully saturated rings. The van der Waals surface area contributed by atoms with Gasteiger partial charge in [0.15, 0.2) is 0 Å². The largest absolute Gasteiger partial charge is 0.349 e. The Kier molecular flexibility index (Phi) is 3.99. The van der Waals surface area contributed by atoms with Crippen LogP contribution in [0.1, 0.15) is 42.9 Å². The molecule has 0 radical (unpaired) electrons. The van der Waals surface area contributed by atoms with Gasteiger partial charge in [-0.15, -0.1) is 0 Å². The maximum absolute atomic E-state index is 12.2. The molecule has 4 heteroatoms. The molecule has 2 heterocycles. The maximum atomic E-state index is 12.2. The van der Waals surface area contributed by atoms with E-state index in [2.05, 4.69) is 24.5 Å². The minimum atomic E-state index is 0.0128. The SMILES string of the molecule is Cc1ccc(C(=O)NCC2NCCCC2(C)C)n1C. The zero-order valence-corrected chi connectivity index (χ0v) is 12.4. The fourth-order valence-electron chi connectivity index (χ4n) is 2.75. The number of hydrogen-bond donors (Lipinski definition) is 2. The van der Waals surface area contributed by atoms with Gasteiger partial charge in [-0.05, 0) is 43.9 Å². The molecule has 1 aromatic heterocycles. The van der Waals surface area contributed by atoms with E-state index in [1.807, 2.05) is 30.7 Å². The van der Waals surface area contributed by atoms with Crippen molar-refractivity contribution in [3.05, 3.63) is 23.5 Å². The van der Waals surface area contributed by atoms with Crippen LogP contribution in [0.15, 0.2) is 12.1 Å². The van der Waals surface area contributed by atoms with Crippen LogP contribution in [0.4, 0.5) is 0 Å². The molecular formula is C15H25N3O. The quantitative estimate of drug-likeness (QED) is 0.874. The zero-order chi connectivity index (χ0) is 14.0. The van der Waals surface area contributed by atoms with E-state index < -0.39 is 0 Å². The van der Waals surface area contributed by atoms with Crippen molar-refractivity contribution in [2.24, 2.45) is 12.5 Å². The van der Waals surface area contributed by atoms with Gasteiger partial charge in [0.05, 0.1) is 0 Å². The second-order valence-corrected chi connectivity index (χ2v) is 6.23. The normalized spacial score (nSPS) is 22.2. The summed E-state index contributed by atoms with van der Waals surface area (Å²) in [4.78, 5) is 12.2. The molecule has 1 aliphatic heterocycles. The third-order valence-electron chi connectivity index (χ3n) is 4.40. The molecule has 1 aromatic rings. The van der Waals surface area contributed by atoms with Gasteiger partial charge in [0.25, 0.3) is 5.91 Å². The number of piperidine rings is 1. The van der Waals surface area contributed by atoms with E-state index in [-0.39, 0.29) is 11.3 Å². The van der Waals surface area contributed by atoms with Crippen LogP contribution < -0.4 is 10.6 Å². The Morgan fingerprint density at radius 3 is 2.84 bits per heavy atom. The smallest absolute Gasteiger partial charge is 0.267 e. The van der Waals surface area contributed by atoms with E-state index >= 15 is 0 Å². The first-order chi connectivity index (χ1) is 8.92. The lowest BCUT2D eigenvalue weighted by Crippen LogP contribution is -2.52. The number of nitrogens with one attached hydrogen (secondary N) is 2. The highest BCUT2D eigenvalue weighted by Crippen LogP contribution is 2.29. The monoisotopic (exact) mass is 263 g/mol. The van der Waals surface area contributed by atoms with Gasteiger partial charge >= 0.3 is 0 Å². The average Bonchev–Trinajstić information content (AvgIpc) is 2.68. The molecule has 19 heavy (non-hydrogen) atoms. The molecule has 1 aliphatic rings. The van der Waals surface area contributed by atoms with Gasteiger partial charge < -0.3 is 15.2 Å². The highest BCUT2D eigenvalue weighted by atomic mass is 16.1. The van der Waals surface area contributed by atoms with Crippen molar-refractivity contribution in [1.29, 1.82) is 0 Å². The third kappa shape index (κ3) is 3.00. The second-order valence-electron chi connectivity index (χ2n) is 6.23. The van der Waals surface area contributed by atoms with Crippen molar-refractivity contribution in [3.63, 3.8) is 0 Å². The minimum Gasteiger partial charge on any atom is -0.349 e. The number of nitrogens with zero attached hydrogens (tertiary/aromatic N) is 1. The molecule has 1 unspecified atom stereocenters. The molecule has 2 N–H and O–H groups in total. The fourth-order valence-corrected chi connectivity index (χ4v) is 2.75. The van der Waals surface area contributed by atoms with E-state index in [4.69, 9.17) is 0 Å². The summed E-state index contributed by atoms with van der Waals surface area (Å²) in [5, 5.41) is 6.57. The minimum absolute atomic E-state index is 0.0128. The Bertz CT molecular complexity index is 462. The first-order valence-electron chi connectivity index (χ1n) is 7.06. The van der Waals surface area contributed by atoms with Crippen molar-refractivity contribution in [2.45, 2.75) is 39.7 Å². The fraction of sp³-hybridized carbons (Fsp3) is 0.667. The Morgan fingerprint density at radius 2 is 2.26 bits per heavy atom. The van der Waals surface area contributed by atoms with E-state index in [0.717, 1.165) is 17.9 Å². The van der Waals surface area contributed by atoms with Gasteiger partial charge in [0.1, 0.15) is 5.69 Å². The van der Waals surface area contributed by atoms with Crippen LogP contribution in [0, 0.1) is 12.3 Å². The van der Waals surface area contributed by atoms with Crippen LogP contribution in [0.5, 0.6) is 0 Å². The first kappa shape index (κ1) is 14.1. The van der Waals surface area contributed by atoms with Gasteiger partial charge in [0.2, 0.25) is 0 Å². The van der Waals surface area contributed by atoms with Crippen molar-refractivity contribution in [1.82, 2.24) is 15.2 Å².